The van der Waals surface area contributed by atoms with E-state index in [9.17, 15) is 9.59 Å². The van der Waals surface area contributed by atoms with E-state index in [0.29, 0.717) is 12.8 Å². The van der Waals surface area contributed by atoms with Crippen LogP contribution in [0.2, 0.25) is 0 Å². The van der Waals surface area contributed by atoms with E-state index in [4.69, 9.17) is 4.74 Å². The van der Waals surface area contributed by atoms with Gasteiger partial charge in [0.15, 0.2) is 0 Å². The lowest BCUT2D eigenvalue weighted by molar-refractivity contribution is -0.126. The number of hydrogen-bond donors (Lipinski definition) is 1. The van der Waals surface area contributed by atoms with Gasteiger partial charge < -0.3 is 10.1 Å². The van der Waals surface area contributed by atoms with Gasteiger partial charge in [-0.2, -0.15) is 0 Å². The van der Waals surface area contributed by atoms with Crippen LogP contribution in [-0.2, 0) is 14.3 Å². The summed E-state index contributed by atoms with van der Waals surface area (Å²) in [5.74, 6) is 0.127. The van der Waals surface area contributed by atoms with E-state index < -0.39 is 6.23 Å². The van der Waals surface area contributed by atoms with E-state index in [0.717, 1.165) is 25.7 Å². The van der Waals surface area contributed by atoms with E-state index in [1.807, 2.05) is 0 Å². The summed E-state index contributed by atoms with van der Waals surface area (Å²) in [7, 11) is 0. The number of amides is 1. The van der Waals surface area contributed by atoms with E-state index >= 15 is 0 Å². The number of hydrogen-bond acceptors (Lipinski definition) is 3. The highest BCUT2D eigenvalue weighted by atomic mass is 16.5. The molecule has 23 heavy (non-hydrogen) atoms. The van der Waals surface area contributed by atoms with Crippen LogP contribution in [0.1, 0.15) is 91.9 Å². The fourth-order valence-electron chi connectivity index (χ4n) is 3.16. The van der Waals surface area contributed by atoms with Crippen LogP contribution in [-0.4, -0.2) is 24.0 Å². The fraction of sp³-hybridized carbons (Fsp3) is 0.895. The Hall–Kier alpha value is -0.900. The van der Waals surface area contributed by atoms with Gasteiger partial charge in [0.2, 0.25) is 0 Å². The normalized spacial score (nSPS) is 21.5. The number of rotatable bonds is 12. The minimum atomic E-state index is -0.423. The molecule has 1 aliphatic heterocycles. The topological polar surface area (TPSA) is 55.4 Å². The predicted molar refractivity (Wildman–Crippen MR) is 93.1 cm³/mol. The molecule has 1 N–H and O–H groups in total. The van der Waals surface area contributed by atoms with Crippen molar-refractivity contribution in [2.45, 2.75) is 104 Å². The van der Waals surface area contributed by atoms with Crippen molar-refractivity contribution in [3.05, 3.63) is 0 Å². The first-order valence-corrected chi connectivity index (χ1v) is 9.35. The summed E-state index contributed by atoms with van der Waals surface area (Å²) in [4.78, 5) is 24.1. The lowest BCUT2D eigenvalue weighted by atomic mass is 9.81. The summed E-state index contributed by atoms with van der Waals surface area (Å²) in [6, 6.07) is 0. The van der Waals surface area contributed by atoms with Crippen LogP contribution < -0.4 is 5.32 Å². The van der Waals surface area contributed by atoms with E-state index in [2.05, 4.69) is 33.0 Å². The smallest absolute Gasteiger partial charge is 0.251 e. The quantitative estimate of drug-likeness (QED) is 0.542. The fourth-order valence-corrected chi connectivity index (χ4v) is 3.16. The van der Waals surface area contributed by atoms with Gasteiger partial charge in [0.1, 0.15) is 18.1 Å². The molecule has 1 amide bonds. The van der Waals surface area contributed by atoms with Crippen LogP contribution >= 0.6 is 0 Å². The number of carbonyl (C=O) groups is 2. The Morgan fingerprint density at radius 3 is 2.48 bits per heavy atom. The molecular formula is C19H35NO3. The Morgan fingerprint density at radius 2 is 1.83 bits per heavy atom. The molecule has 1 fully saturated rings. The molecule has 134 valence electrons. The molecule has 4 heteroatoms. The van der Waals surface area contributed by atoms with Gasteiger partial charge in [-0.3, -0.25) is 9.59 Å². The van der Waals surface area contributed by atoms with Crippen molar-refractivity contribution in [3.63, 3.8) is 0 Å². The van der Waals surface area contributed by atoms with Crippen molar-refractivity contribution in [2.75, 3.05) is 0 Å². The predicted octanol–water partition coefficient (Wildman–Crippen LogP) is 4.36. The number of ketones is 1. The number of unbranched alkanes of at least 4 members (excludes halogenated alkanes) is 4. The van der Waals surface area contributed by atoms with Crippen molar-refractivity contribution in [2.24, 2.45) is 5.41 Å². The molecule has 0 aromatic heterocycles. The Kier molecular flexibility index (Phi) is 8.82. The lowest BCUT2D eigenvalue weighted by Crippen LogP contribution is -2.30. The van der Waals surface area contributed by atoms with Gasteiger partial charge in [-0.25, -0.2) is 0 Å². The van der Waals surface area contributed by atoms with Crippen molar-refractivity contribution >= 4 is 11.7 Å². The summed E-state index contributed by atoms with van der Waals surface area (Å²) in [6.45, 7) is 8.62. The maximum atomic E-state index is 12.3. The van der Waals surface area contributed by atoms with Crippen LogP contribution in [0.4, 0.5) is 0 Å². The molecule has 2 atom stereocenters. The summed E-state index contributed by atoms with van der Waals surface area (Å²) < 4.78 is 5.69. The van der Waals surface area contributed by atoms with Crippen LogP contribution in [0.15, 0.2) is 0 Å². The van der Waals surface area contributed by atoms with Crippen LogP contribution in [0.3, 0.4) is 0 Å². The molecular weight excluding hydrogens is 290 g/mol. The van der Waals surface area contributed by atoms with Crippen LogP contribution in [0.25, 0.3) is 0 Å². The summed E-state index contributed by atoms with van der Waals surface area (Å²) in [6.07, 6.45) is 8.85. The Morgan fingerprint density at radius 1 is 1.13 bits per heavy atom. The minimum Gasteiger partial charge on any atom is -0.345 e. The second-order valence-corrected chi connectivity index (χ2v) is 7.66. The molecule has 1 rings (SSSR count). The standard InChI is InChI=1S/C19H35NO3/c1-5-7-9-10-12-19(3,4)14-15(21)13-17-20-18(22)16(23-17)11-8-6-2/h16-17H,5-14H2,1-4H3,(H,20,22). The van der Waals surface area contributed by atoms with Crippen molar-refractivity contribution in [1.82, 2.24) is 5.32 Å². The molecule has 1 aliphatic rings. The third kappa shape index (κ3) is 7.96. The van der Waals surface area contributed by atoms with E-state index in [1.54, 1.807) is 0 Å². The lowest BCUT2D eigenvalue weighted by Gasteiger charge is -2.24. The maximum Gasteiger partial charge on any atom is 0.251 e. The van der Waals surface area contributed by atoms with Gasteiger partial charge in [0, 0.05) is 6.42 Å². The second-order valence-electron chi connectivity index (χ2n) is 7.66. The zero-order valence-corrected chi connectivity index (χ0v) is 15.5. The molecule has 0 radical (unpaired) electrons. The SMILES string of the molecule is CCCCCCC(C)(C)CC(=O)CC1NC(=O)C(CCCC)O1. The zero-order chi connectivity index (χ0) is 17.3. The number of Topliss-reactive ketones (excluding diaryl/α,β-unsaturated/α-hetero) is 1. The summed E-state index contributed by atoms with van der Waals surface area (Å²) >= 11 is 0. The van der Waals surface area contributed by atoms with Gasteiger partial charge in [-0.1, -0.05) is 66.2 Å². The third-order valence-electron chi connectivity index (χ3n) is 4.54. The monoisotopic (exact) mass is 325 g/mol. The average Bonchev–Trinajstić information content (AvgIpc) is 2.80. The van der Waals surface area contributed by atoms with Gasteiger partial charge in [-0.15, -0.1) is 0 Å². The molecule has 0 saturated carbocycles. The largest absolute Gasteiger partial charge is 0.345 e. The molecule has 1 heterocycles. The maximum absolute atomic E-state index is 12.3. The third-order valence-corrected chi connectivity index (χ3v) is 4.54. The molecule has 4 nitrogen and oxygen atoms in total. The molecule has 0 aromatic rings. The van der Waals surface area contributed by atoms with Gasteiger partial charge in [0.05, 0.1) is 6.42 Å². The van der Waals surface area contributed by atoms with Gasteiger partial charge in [0.25, 0.3) is 5.91 Å². The highest BCUT2D eigenvalue weighted by Gasteiger charge is 2.34. The minimum absolute atomic E-state index is 0.0368. The van der Waals surface area contributed by atoms with Crippen molar-refractivity contribution in [3.8, 4) is 0 Å². The summed E-state index contributed by atoms with van der Waals surface area (Å²) in [5, 5.41) is 2.81. The second kappa shape index (κ2) is 10.1. The van der Waals surface area contributed by atoms with Crippen molar-refractivity contribution < 1.29 is 14.3 Å². The summed E-state index contributed by atoms with van der Waals surface area (Å²) in [5.41, 5.74) is 0.0368. The van der Waals surface area contributed by atoms with Crippen LogP contribution in [0.5, 0.6) is 0 Å². The highest BCUT2D eigenvalue weighted by molar-refractivity contribution is 5.85. The Bertz CT molecular complexity index is 379. The van der Waals surface area contributed by atoms with Crippen molar-refractivity contribution in [1.29, 1.82) is 0 Å². The molecule has 0 aromatic carbocycles. The molecule has 1 saturated heterocycles. The molecule has 2 unspecified atom stereocenters. The number of ether oxygens (including phenoxy) is 1. The first kappa shape index (κ1) is 20.1. The molecule has 0 spiro atoms. The van der Waals surface area contributed by atoms with E-state index in [1.165, 1.54) is 25.7 Å². The average molecular weight is 325 g/mol. The highest BCUT2D eigenvalue weighted by Crippen LogP contribution is 2.29. The Balaban J connectivity index is 2.31. The van der Waals surface area contributed by atoms with Crippen LogP contribution in [0, 0.1) is 5.41 Å². The molecule has 0 aliphatic carbocycles. The van der Waals surface area contributed by atoms with Gasteiger partial charge >= 0.3 is 0 Å². The number of carbonyl (C=O) groups excluding carboxylic acids is 2. The first-order valence-electron chi connectivity index (χ1n) is 9.35. The van der Waals surface area contributed by atoms with Gasteiger partial charge in [-0.05, 0) is 18.3 Å². The molecule has 0 bridgehead atoms. The Labute approximate surface area is 141 Å². The zero-order valence-electron chi connectivity index (χ0n) is 15.5. The van der Waals surface area contributed by atoms with E-state index in [-0.39, 0.29) is 23.2 Å². The first-order chi connectivity index (χ1) is 10.9. The number of nitrogens with one attached hydrogen (secondary N) is 1.